The van der Waals surface area contributed by atoms with E-state index in [9.17, 15) is 9.18 Å². The number of hydrogen-bond acceptors (Lipinski definition) is 2. The average molecular weight is 221 g/mol. The van der Waals surface area contributed by atoms with Gasteiger partial charge >= 0.3 is 0 Å². The van der Waals surface area contributed by atoms with Gasteiger partial charge in [-0.1, -0.05) is 0 Å². The first kappa shape index (κ1) is 10.8. The van der Waals surface area contributed by atoms with Gasteiger partial charge in [0.2, 0.25) is 0 Å². The molecule has 16 heavy (non-hydrogen) atoms. The second-order valence-corrected chi connectivity index (χ2v) is 3.62. The van der Waals surface area contributed by atoms with Crippen molar-refractivity contribution in [3.8, 4) is 0 Å². The molecule has 1 heterocycles. The number of aromatic nitrogens is 1. The van der Waals surface area contributed by atoms with Crippen LogP contribution in [0.4, 0.5) is 4.39 Å². The number of pyridine rings is 1. The SMILES string of the molecule is O=c1c2ccc(F)cc2ccn1CCCO. The van der Waals surface area contributed by atoms with Gasteiger partial charge in [-0.3, -0.25) is 4.79 Å². The van der Waals surface area contributed by atoms with Gasteiger partial charge in [0.25, 0.3) is 5.56 Å². The van der Waals surface area contributed by atoms with Crippen molar-refractivity contribution in [2.45, 2.75) is 13.0 Å². The summed E-state index contributed by atoms with van der Waals surface area (Å²) in [5.74, 6) is -0.347. The topological polar surface area (TPSA) is 42.2 Å². The summed E-state index contributed by atoms with van der Waals surface area (Å²) in [6.07, 6.45) is 2.16. The molecule has 0 spiro atoms. The van der Waals surface area contributed by atoms with Gasteiger partial charge in [0.1, 0.15) is 5.82 Å². The molecule has 0 unspecified atom stereocenters. The lowest BCUT2D eigenvalue weighted by molar-refractivity contribution is 0.279. The van der Waals surface area contributed by atoms with Crippen LogP contribution in [0.3, 0.4) is 0 Å². The van der Waals surface area contributed by atoms with Crippen LogP contribution in [0.5, 0.6) is 0 Å². The van der Waals surface area contributed by atoms with Crippen molar-refractivity contribution in [3.05, 3.63) is 46.6 Å². The van der Waals surface area contributed by atoms with Crippen LogP contribution in [0, 0.1) is 5.82 Å². The Morgan fingerprint density at radius 1 is 1.31 bits per heavy atom. The van der Waals surface area contributed by atoms with Crippen LogP contribution in [0.15, 0.2) is 35.3 Å². The third-order valence-electron chi connectivity index (χ3n) is 2.50. The monoisotopic (exact) mass is 221 g/mol. The zero-order valence-corrected chi connectivity index (χ0v) is 8.69. The first-order valence-electron chi connectivity index (χ1n) is 5.12. The number of aliphatic hydroxyl groups excluding tert-OH is 1. The highest BCUT2D eigenvalue weighted by molar-refractivity contribution is 5.81. The number of benzene rings is 1. The van der Waals surface area contributed by atoms with Crippen LogP contribution in [0.25, 0.3) is 10.8 Å². The van der Waals surface area contributed by atoms with E-state index in [1.807, 2.05) is 0 Å². The van der Waals surface area contributed by atoms with Gasteiger partial charge in [-0.05, 0) is 36.1 Å². The van der Waals surface area contributed by atoms with Gasteiger partial charge in [0.15, 0.2) is 0 Å². The Morgan fingerprint density at radius 3 is 2.88 bits per heavy atom. The second-order valence-electron chi connectivity index (χ2n) is 3.62. The van der Waals surface area contributed by atoms with Gasteiger partial charge < -0.3 is 9.67 Å². The van der Waals surface area contributed by atoms with Crippen molar-refractivity contribution < 1.29 is 9.50 Å². The molecule has 0 aliphatic carbocycles. The molecule has 0 atom stereocenters. The number of aliphatic hydroxyl groups is 1. The van der Waals surface area contributed by atoms with E-state index in [4.69, 9.17) is 5.11 Å². The minimum absolute atomic E-state index is 0.0495. The van der Waals surface area contributed by atoms with E-state index < -0.39 is 0 Å². The molecule has 1 aromatic carbocycles. The van der Waals surface area contributed by atoms with E-state index >= 15 is 0 Å². The van der Waals surface area contributed by atoms with Gasteiger partial charge in [-0.25, -0.2) is 4.39 Å². The maximum Gasteiger partial charge on any atom is 0.258 e. The van der Waals surface area contributed by atoms with Crippen LogP contribution in [-0.2, 0) is 6.54 Å². The Balaban J connectivity index is 2.53. The molecule has 84 valence electrons. The van der Waals surface area contributed by atoms with E-state index in [-0.39, 0.29) is 18.0 Å². The molecular weight excluding hydrogens is 209 g/mol. The Bertz CT molecular complexity index is 562. The standard InChI is InChI=1S/C12H12FNO2/c13-10-2-3-11-9(8-10)4-6-14(12(11)16)5-1-7-15/h2-4,6,8,15H,1,5,7H2. The van der Waals surface area contributed by atoms with Gasteiger partial charge in [-0.2, -0.15) is 0 Å². The van der Waals surface area contributed by atoms with Crippen LogP contribution in [0.2, 0.25) is 0 Å². The van der Waals surface area contributed by atoms with Crippen molar-refractivity contribution >= 4 is 10.8 Å². The van der Waals surface area contributed by atoms with Gasteiger partial charge in [0, 0.05) is 24.7 Å². The number of halogens is 1. The molecule has 0 fully saturated rings. The highest BCUT2D eigenvalue weighted by Crippen LogP contribution is 2.11. The largest absolute Gasteiger partial charge is 0.396 e. The quantitative estimate of drug-likeness (QED) is 0.853. The summed E-state index contributed by atoms with van der Waals surface area (Å²) in [5, 5.41) is 9.81. The van der Waals surface area contributed by atoms with Gasteiger partial charge in [-0.15, -0.1) is 0 Å². The Morgan fingerprint density at radius 2 is 2.12 bits per heavy atom. The first-order chi connectivity index (χ1) is 7.72. The van der Waals surface area contributed by atoms with E-state index in [0.29, 0.717) is 23.7 Å². The van der Waals surface area contributed by atoms with Crippen LogP contribution >= 0.6 is 0 Å². The smallest absolute Gasteiger partial charge is 0.258 e. The number of fused-ring (bicyclic) bond motifs is 1. The molecule has 0 amide bonds. The summed E-state index contributed by atoms with van der Waals surface area (Å²) in [4.78, 5) is 11.9. The lowest BCUT2D eigenvalue weighted by Gasteiger charge is -2.05. The van der Waals surface area contributed by atoms with Crippen molar-refractivity contribution in [3.63, 3.8) is 0 Å². The maximum absolute atomic E-state index is 12.9. The molecule has 0 saturated carbocycles. The normalized spacial score (nSPS) is 10.9. The predicted molar refractivity (Wildman–Crippen MR) is 59.9 cm³/mol. The maximum atomic E-state index is 12.9. The minimum Gasteiger partial charge on any atom is -0.396 e. The minimum atomic E-state index is -0.347. The number of aryl methyl sites for hydroxylation is 1. The molecule has 2 rings (SSSR count). The molecular formula is C12H12FNO2. The van der Waals surface area contributed by atoms with Crippen molar-refractivity contribution in [2.24, 2.45) is 0 Å². The van der Waals surface area contributed by atoms with Crippen LogP contribution in [-0.4, -0.2) is 16.3 Å². The third kappa shape index (κ3) is 1.97. The number of rotatable bonds is 3. The van der Waals surface area contributed by atoms with E-state index in [1.54, 1.807) is 12.3 Å². The molecule has 0 bridgehead atoms. The zero-order chi connectivity index (χ0) is 11.5. The Hall–Kier alpha value is -1.68. The molecule has 0 aliphatic heterocycles. The molecule has 0 aliphatic rings. The van der Waals surface area contributed by atoms with E-state index in [2.05, 4.69) is 0 Å². The fraction of sp³-hybridized carbons (Fsp3) is 0.250. The fourth-order valence-electron chi connectivity index (χ4n) is 1.68. The predicted octanol–water partition coefficient (Wildman–Crippen LogP) is 1.52. The highest BCUT2D eigenvalue weighted by Gasteiger charge is 2.03. The Labute approximate surface area is 91.8 Å². The summed E-state index contributed by atoms with van der Waals surface area (Å²) in [6.45, 7) is 0.524. The highest BCUT2D eigenvalue weighted by atomic mass is 19.1. The Kier molecular flexibility index (Phi) is 3.01. The first-order valence-corrected chi connectivity index (χ1v) is 5.12. The summed E-state index contributed by atoms with van der Waals surface area (Å²) >= 11 is 0. The third-order valence-corrected chi connectivity index (χ3v) is 2.50. The lowest BCUT2D eigenvalue weighted by atomic mass is 10.1. The summed E-state index contributed by atoms with van der Waals surface area (Å²) in [7, 11) is 0. The second kappa shape index (κ2) is 4.45. The fourth-order valence-corrected chi connectivity index (χ4v) is 1.68. The van der Waals surface area contributed by atoms with Crippen LogP contribution in [0.1, 0.15) is 6.42 Å². The molecule has 3 nitrogen and oxygen atoms in total. The molecule has 1 aromatic heterocycles. The average Bonchev–Trinajstić information content (AvgIpc) is 2.28. The zero-order valence-electron chi connectivity index (χ0n) is 8.69. The molecule has 4 heteroatoms. The summed E-state index contributed by atoms with van der Waals surface area (Å²) in [5.41, 5.74) is -0.147. The number of hydrogen-bond donors (Lipinski definition) is 1. The molecule has 2 aromatic rings. The summed E-state index contributed by atoms with van der Waals surface area (Å²) in [6, 6.07) is 5.81. The van der Waals surface area contributed by atoms with E-state index in [1.165, 1.54) is 22.8 Å². The van der Waals surface area contributed by atoms with Crippen LogP contribution < -0.4 is 5.56 Å². The van der Waals surface area contributed by atoms with Crippen molar-refractivity contribution in [1.29, 1.82) is 0 Å². The van der Waals surface area contributed by atoms with Crippen molar-refractivity contribution in [1.82, 2.24) is 4.57 Å². The van der Waals surface area contributed by atoms with Gasteiger partial charge in [0.05, 0.1) is 0 Å². The lowest BCUT2D eigenvalue weighted by Crippen LogP contribution is -2.19. The van der Waals surface area contributed by atoms with E-state index in [0.717, 1.165) is 0 Å². The molecule has 0 radical (unpaired) electrons. The van der Waals surface area contributed by atoms with Crippen molar-refractivity contribution in [2.75, 3.05) is 6.61 Å². The summed E-state index contributed by atoms with van der Waals surface area (Å²) < 4.78 is 14.5. The molecule has 0 saturated heterocycles. The number of nitrogens with zero attached hydrogens (tertiary/aromatic N) is 1. The molecule has 1 N–H and O–H groups in total.